The predicted octanol–water partition coefficient (Wildman–Crippen LogP) is 2.95. The summed E-state index contributed by atoms with van der Waals surface area (Å²) in [5, 5.41) is 2.47. The molecule has 1 unspecified atom stereocenters. The number of rotatable bonds is 5. The quantitative estimate of drug-likeness (QED) is 0.759. The molecule has 2 aromatic rings. The van der Waals surface area contributed by atoms with Crippen LogP contribution in [0.1, 0.15) is 53.0 Å². The van der Waals surface area contributed by atoms with E-state index in [9.17, 15) is 22.8 Å². The molecule has 0 radical (unpaired) electrons. The Morgan fingerprint density at radius 3 is 2.19 bits per heavy atom. The number of nitrogens with one attached hydrogen (secondary N) is 2. The molecule has 4 N–H and O–H groups in total. The van der Waals surface area contributed by atoms with E-state index in [4.69, 9.17) is 5.73 Å². The Balaban J connectivity index is 2.03. The zero-order valence-electron chi connectivity index (χ0n) is 14.4. The Kier molecular flexibility index (Phi) is 5.86. The van der Waals surface area contributed by atoms with Crippen LogP contribution >= 0.6 is 0 Å². The van der Waals surface area contributed by atoms with E-state index in [1.165, 1.54) is 0 Å². The number of carbonyl (C=O) groups is 1. The molecule has 5 nitrogen and oxygen atoms in total. The smallest absolute Gasteiger partial charge is 0.350 e. The molecule has 1 amide bonds. The van der Waals surface area contributed by atoms with Gasteiger partial charge in [-0.05, 0) is 29.2 Å². The number of carbonyl (C=O) groups excluding carboxylic acids is 1. The van der Waals surface area contributed by atoms with E-state index in [0.717, 1.165) is 17.2 Å². The minimum atomic E-state index is -4.68. The van der Waals surface area contributed by atoms with Gasteiger partial charge in [0.05, 0.1) is 0 Å². The molecule has 1 heterocycles. The maximum atomic E-state index is 12.5. The third-order valence-electron chi connectivity index (χ3n) is 3.97. The summed E-state index contributed by atoms with van der Waals surface area (Å²) in [6.45, 7) is 4.17. The molecule has 0 spiro atoms. The van der Waals surface area contributed by atoms with Gasteiger partial charge < -0.3 is 16.0 Å². The molecule has 1 atom stereocenters. The van der Waals surface area contributed by atoms with Gasteiger partial charge in [-0.25, -0.2) is 0 Å². The lowest BCUT2D eigenvalue weighted by Crippen LogP contribution is -2.35. The van der Waals surface area contributed by atoms with Crippen LogP contribution in [0.5, 0.6) is 0 Å². The molecule has 1 aromatic carbocycles. The largest absolute Gasteiger partial charge is 0.431 e. The zero-order valence-corrected chi connectivity index (χ0v) is 14.4. The average Bonchev–Trinajstić information content (AvgIpc) is 2.58. The maximum absolute atomic E-state index is 12.5. The molecule has 0 saturated carbocycles. The fourth-order valence-electron chi connectivity index (χ4n) is 2.36. The first-order chi connectivity index (χ1) is 12.1. The molecule has 0 aliphatic heterocycles. The van der Waals surface area contributed by atoms with Crippen molar-refractivity contribution in [3.05, 3.63) is 69.1 Å². The third-order valence-corrected chi connectivity index (χ3v) is 3.97. The summed E-state index contributed by atoms with van der Waals surface area (Å²) in [4.78, 5) is 25.4. The van der Waals surface area contributed by atoms with Crippen molar-refractivity contribution in [3.63, 3.8) is 0 Å². The molecule has 8 heteroatoms. The first kappa shape index (κ1) is 19.7. The van der Waals surface area contributed by atoms with Crippen molar-refractivity contribution in [2.75, 3.05) is 6.54 Å². The molecular formula is C18H20F3N3O2. The van der Waals surface area contributed by atoms with Crippen LogP contribution in [0.25, 0.3) is 0 Å². The van der Waals surface area contributed by atoms with E-state index in [2.05, 4.69) is 19.2 Å². The summed E-state index contributed by atoms with van der Waals surface area (Å²) in [7, 11) is 0. The highest BCUT2D eigenvalue weighted by Crippen LogP contribution is 2.26. The van der Waals surface area contributed by atoms with Gasteiger partial charge in [-0.3, -0.25) is 9.59 Å². The second-order valence-corrected chi connectivity index (χ2v) is 6.25. The van der Waals surface area contributed by atoms with E-state index >= 15 is 0 Å². The molecule has 0 saturated heterocycles. The van der Waals surface area contributed by atoms with Gasteiger partial charge in [-0.2, -0.15) is 13.2 Å². The van der Waals surface area contributed by atoms with Gasteiger partial charge >= 0.3 is 6.18 Å². The Morgan fingerprint density at radius 2 is 1.69 bits per heavy atom. The van der Waals surface area contributed by atoms with E-state index in [1.807, 2.05) is 24.3 Å². The Morgan fingerprint density at radius 1 is 1.12 bits per heavy atom. The number of hydrogen-bond acceptors (Lipinski definition) is 3. The van der Waals surface area contributed by atoms with E-state index < -0.39 is 34.9 Å². The second kappa shape index (κ2) is 7.74. The van der Waals surface area contributed by atoms with Crippen molar-refractivity contribution in [1.29, 1.82) is 0 Å². The van der Waals surface area contributed by atoms with Gasteiger partial charge in [0.15, 0.2) is 0 Å². The monoisotopic (exact) mass is 367 g/mol. The van der Waals surface area contributed by atoms with Crippen LogP contribution in [0, 0.1) is 0 Å². The molecule has 0 aliphatic rings. The maximum Gasteiger partial charge on any atom is 0.431 e. The average molecular weight is 367 g/mol. The van der Waals surface area contributed by atoms with Crippen LogP contribution in [0.15, 0.2) is 41.2 Å². The summed E-state index contributed by atoms with van der Waals surface area (Å²) in [5.41, 5.74) is 5.26. The lowest BCUT2D eigenvalue weighted by molar-refractivity contribution is -0.141. The predicted molar refractivity (Wildman–Crippen MR) is 91.9 cm³/mol. The Hall–Kier alpha value is -2.61. The second-order valence-electron chi connectivity index (χ2n) is 6.25. The molecule has 2 rings (SSSR count). The Labute approximate surface area is 148 Å². The fourth-order valence-corrected chi connectivity index (χ4v) is 2.36. The first-order valence-corrected chi connectivity index (χ1v) is 8.03. The van der Waals surface area contributed by atoms with Crippen molar-refractivity contribution in [1.82, 2.24) is 10.3 Å². The lowest BCUT2D eigenvalue weighted by Gasteiger charge is -2.14. The number of aromatic nitrogens is 1. The third kappa shape index (κ3) is 4.72. The highest BCUT2D eigenvalue weighted by atomic mass is 19.4. The highest BCUT2D eigenvalue weighted by Gasteiger charge is 2.32. The normalized spacial score (nSPS) is 12.9. The van der Waals surface area contributed by atoms with Gasteiger partial charge in [0, 0.05) is 12.6 Å². The number of nitrogens with two attached hydrogens (primary N) is 1. The van der Waals surface area contributed by atoms with E-state index in [1.54, 1.807) is 4.98 Å². The summed E-state index contributed by atoms with van der Waals surface area (Å²) in [5.74, 6) is -0.402. The molecule has 0 aliphatic carbocycles. The Bertz CT molecular complexity index is 827. The number of halogens is 3. The number of aromatic amines is 1. The van der Waals surface area contributed by atoms with Crippen LogP contribution < -0.4 is 16.6 Å². The van der Waals surface area contributed by atoms with Crippen LogP contribution in [0.3, 0.4) is 0 Å². The molecule has 0 bridgehead atoms. The van der Waals surface area contributed by atoms with Gasteiger partial charge in [0.2, 0.25) is 0 Å². The summed E-state index contributed by atoms with van der Waals surface area (Å²) in [6.07, 6.45) is -4.68. The highest BCUT2D eigenvalue weighted by molar-refractivity contribution is 5.93. The fraction of sp³-hybridized carbons (Fsp3) is 0.333. The van der Waals surface area contributed by atoms with Crippen LogP contribution in [-0.4, -0.2) is 17.4 Å². The van der Waals surface area contributed by atoms with Crippen LogP contribution in [0.4, 0.5) is 13.2 Å². The number of amides is 1. The number of pyridine rings is 1. The van der Waals surface area contributed by atoms with Gasteiger partial charge in [-0.1, -0.05) is 38.1 Å². The van der Waals surface area contributed by atoms with Crippen molar-refractivity contribution < 1.29 is 18.0 Å². The van der Waals surface area contributed by atoms with Crippen molar-refractivity contribution in [3.8, 4) is 0 Å². The van der Waals surface area contributed by atoms with Crippen LogP contribution in [-0.2, 0) is 6.18 Å². The molecule has 1 aromatic heterocycles. The van der Waals surface area contributed by atoms with E-state index in [0.29, 0.717) is 12.0 Å². The minimum absolute atomic E-state index is 0.0420. The van der Waals surface area contributed by atoms with Crippen molar-refractivity contribution in [2.24, 2.45) is 5.73 Å². The number of alkyl halides is 3. The number of H-pyrrole nitrogens is 1. The van der Waals surface area contributed by atoms with Crippen LogP contribution in [0.2, 0.25) is 0 Å². The zero-order chi connectivity index (χ0) is 19.5. The molecule has 26 heavy (non-hydrogen) atoms. The van der Waals surface area contributed by atoms with Crippen molar-refractivity contribution >= 4 is 5.91 Å². The molecular weight excluding hydrogens is 347 g/mol. The standard InChI is InChI=1S/C18H20F3N3O2/c1-10(2)11-3-5-12(6-4-11)14(22)9-23-16(25)13-7-8-15(18(19,20)21)24-17(13)26/h3-8,10,14H,9,22H2,1-2H3,(H,23,25)(H,24,26). The van der Waals surface area contributed by atoms with Crippen molar-refractivity contribution in [2.45, 2.75) is 32.0 Å². The number of benzene rings is 1. The first-order valence-electron chi connectivity index (χ1n) is 8.03. The topological polar surface area (TPSA) is 88.0 Å². The molecule has 0 fully saturated rings. The van der Waals surface area contributed by atoms with Gasteiger partial charge in [-0.15, -0.1) is 0 Å². The SMILES string of the molecule is CC(C)c1ccc(C(N)CNC(=O)c2ccc(C(F)(F)F)[nH]c2=O)cc1. The van der Waals surface area contributed by atoms with Gasteiger partial charge in [0.25, 0.3) is 11.5 Å². The molecule has 140 valence electrons. The lowest BCUT2D eigenvalue weighted by atomic mass is 9.99. The number of hydrogen-bond donors (Lipinski definition) is 3. The minimum Gasteiger partial charge on any atom is -0.350 e. The van der Waals surface area contributed by atoms with E-state index in [-0.39, 0.29) is 6.54 Å². The summed E-state index contributed by atoms with van der Waals surface area (Å²) in [6, 6.07) is 8.60. The van der Waals surface area contributed by atoms with Gasteiger partial charge in [0.1, 0.15) is 11.3 Å². The summed E-state index contributed by atoms with van der Waals surface area (Å²) < 4.78 is 37.6. The summed E-state index contributed by atoms with van der Waals surface area (Å²) >= 11 is 0.